The average molecular weight is 956 g/mol. The fourth-order valence-corrected chi connectivity index (χ4v) is 9.15. The first-order valence-corrected chi connectivity index (χ1v) is 20.6. The molecule has 15 heteroatoms. The lowest BCUT2D eigenvalue weighted by Crippen LogP contribution is -2.59. The lowest BCUT2D eigenvalue weighted by molar-refractivity contribution is -0.284. The molecule has 6 aromatic carbocycles. The number of rotatable bonds is 12. The van der Waals surface area contributed by atoms with Gasteiger partial charge in [-0.2, -0.15) is 0 Å². The molecule has 1 saturated heterocycles. The van der Waals surface area contributed by atoms with Gasteiger partial charge >= 0.3 is 0 Å². The second kappa shape index (κ2) is 16.5. The minimum atomic E-state index is -1.28. The van der Waals surface area contributed by atoms with Crippen molar-refractivity contribution >= 4 is 78.4 Å². The standard InChI is InChI=1S/C47H34F4IN3O7/c48-29-16-27-33(18-31(29)50)53-40-36(27)38-39(46(57)54-45(38)56)37-28-17-30(49)32(51)19-34(28)55(41(37)40)47-44(60-22-26-14-8-3-9-15-26)43(59-21-25-12-6-2-7-13-25)42(35(62-47)23-61-52)58-20-24-10-4-1-5-11-24/h1-19,35,42-44,47,53H,20-23H2,(H,54,56,57)/t35-,42-,43+,44-,47-/m1/s1. The Hall–Kier alpha value is -5.69. The van der Waals surface area contributed by atoms with Crippen molar-refractivity contribution in [3.63, 3.8) is 0 Å². The number of aromatic nitrogens is 2. The number of nitrogens with one attached hydrogen (secondary N) is 2. The van der Waals surface area contributed by atoms with Crippen LogP contribution in [-0.2, 0) is 41.8 Å². The maximum Gasteiger partial charge on any atom is 0.259 e. The van der Waals surface area contributed by atoms with Crippen molar-refractivity contribution in [2.75, 3.05) is 6.61 Å². The smallest absolute Gasteiger partial charge is 0.259 e. The molecule has 0 spiro atoms. The number of H-pyrrole nitrogens is 1. The number of fused-ring (bicyclic) bond motifs is 10. The summed E-state index contributed by atoms with van der Waals surface area (Å²) in [5.74, 6) is -6.37. The van der Waals surface area contributed by atoms with Crippen molar-refractivity contribution in [2.45, 2.75) is 50.5 Å². The van der Waals surface area contributed by atoms with Crippen LogP contribution in [0.15, 0.2) is 115 Å². The molecule has 0 bridgehead atoms. The fourth-order valence-electron chi connectivity index (χ4n) is 8.79. The number of hydrogen-bond donors (Lipinski definition) is 2. The highest BCUT2D eigenvalue weighted by atomic mass is 127. The number of amides is 2. The summed E-state index contributed by atoms with van der Waals surface area (Å²) in [6.07, 6.45) is -5.07. The van der Waals surface area contributed by atoms with Crippen LogP contribution >= 0.6 is 23.0 Å². The van der Waals surface area contributed by atoms with Crippen molar-refractivity contribution in [3.05, 3.63) is 166 Å². The Morgan fingerprint density at radius 1 is 0.613 bits per heavy atom. The van der Waals surface area contributed by atoms with Gasteiger partial charge in [0.1, 0.15) is 47.4 Å². The minimum Gasteiger partial charge on any atom is -0.368 e. The van der Waals surface area contributed by atoms with Crippen molar-refractivity contribution in [1.82, 2.24) is 14.9 Å². The highest BCUT2D eigenvalue weighted by Gasteiger charge is 2.50. The van der Waals surface area contributed by atoms with Crippen LogP contribution in [0.1, 0.15) is 43.6 Å². The van der Waals surface area contributed by atoms with Gasteiger partial charge in [-0.3, -0.25) is 14.9 Å². The number of halogens is 5. The van der Waals surface area contributed by atoms with E-state index in [1.807, 2.05) is 91.0 Å². The van der Waals surface area contributed by atoms with E-state index in [1.54, 1.807) is 27.6 Å². The maximum absolute atomic E-state index is 15.7. The number of hydrogen-bond acceptors (Lipinski definition) is 7. The lowest BCUT2D eigenvalue weighted by atomic mass is 9.95. The zero-order valence-electron chi connectivity index (χ0n) is 32.4. The SMILES string of the molecule is O=C1NC(=O)c2c1c1c3cc(F)c(F)cc3[nH]c1c1c2c2cc(F)c(F)cc2n1[C@@H]1O[C@H](COI)[C@@H](OCc2ccccc2)[C@H](OCc2ccccc2)[C@H]1OCc1ccccc1. The Kier molecular flexibility index (Phi) is 10.8. The van der Waals surface area contributed by atoms with Gasteiger partial charge in [0.25, 0.3) is 11.8 Å². The molecule has 2 amide bonds. The van der Waals surface area contributed by atoms with E-state index in [9.17, 15) is 14.0 Å². The number of nitrogens with zero attached hydrogens (tertiary/aromatic N) is 1. The van der Waals surface area contributed by atoms with E-state index in [-0.39, 0.29) is 81.2 Å². The summed E-state index contributed by atoms with van der Waals surface area (Å²) in [4.78, 5) is 30.7. The van der Waals surface area contributed by atoms with Crippen molar-refractivity contribution in [3.8, 4) is 0 Å². The van der Waals surface area contributed by atoms with Gasteiger partial charge < -0.3 is 31.6 Å². The molecular formula is C47H34F4IN3O7. The van der Waals surface area contributed by atoms with Crippen LogP contribution in [0.5, 0.6) is 0 Å². The molecule has 8 aromatic rings. The Bertz CT molecular complexity index is 3020. The van der Waals surface area contributed by atoms with Crippen molar-refractivity contribution < 1.29 is 49.2 Å². The van der Waals surface area contributed by atoms with Gasteiger partial charge in [-0.15, -0.1) is 0 Å². The highest BCUT2D eigenvalue weighted by Crippen LogP contribution is 2.48. The first kappa shape index (κ1) is 40.4. The summed E-state index contributed by atoms with van der Waals surface area (Å²) < 4.78 is 96.0. The molecular weight excluding hydrogens is 921 g/mol. The number of benzene rings is 6. The van der Waals surface area contributed by atoms with Gasteiger partial charge in [0.05, 0.1) is 54.1 Å². The van der Waals surface area contributed by atoms with Gasteiger partial charge in [0, 0.05) is 39.2 Å². The van der Waals surface area contributed by atoms with E-state index in [4.69, 9.17) is 22.0 Å². The predicted octanol–water partition coefficient (Wildman–Crippen LogP) is 9.89. The summed E-state index contributed by atoms with van der Waals surface area (Å²) in [6.45, 7) is 0.284. The fraction of sp³-hybridized carbons (Fsp3) is 0.191. The maximum atomic E-state index is 15.7. The average Bonchev–Trinajstić information content (AvgIpc) is 3.90. The quantitative estimate of drug-likeness (QED) is 0.0713. The topological polar surface area (TPSA) is 113 Å². The van der Waals surface area contributed by atoms with E-state index in [0.717, 1.165) is 41.0 Å². The number of aromatic amines is 1. The van der Waals surface area contributed by atoms with Crippen LogP contribution in [0.3, 0.4) is 0 Å². The molecule has 0 radical (unpaired) electrons. The molecule has 62 heavy (non-hydrogen) atoms. The van der Waals surface area contributed by atoms with Gasteiger partial charge in [-0.05, 0) is 28.8 Å². The summed E-state index contributed by atoms with van der Waals surface area (Å²) in [5.41, 5.74) is 2.72. The molecule has 0 saturated carbocycles. The highest BCUT2D eigenvalue weighted by molar-refractivity contribution is 14.1. The molecule has 2 aliphatic rings. The predicted molar refractivity (Wildman–Crippen MR) is 229 cm³/mol. The van der Waals surface area contributed by atoms with Crippen LogP contribution in [0, 0.1) is 23.3 Å². The first-order chi connectivity index (χ1) is 30.2. The van der Waals surface area contributed by atoms with Gasteiger partial charge in [-0.25, -0.2) is 17.6 Å². The Labute approximate surface area is 364 Å². The number of ether oxygens (including phenoxy) is 4. The van der Waals surface area contributed by atoms with Crippen molar-refractivity contribution in [2.24, 2.45) is 0 Å². The summed E-state index contributed by atoms with van der Waals surface area (Å²) in [5, 5.41) is 2.67. The summed E-state index contributed by atoms with van der Waals surface area (Å²) in [7, 11) is 0. The number of imide groups is 1. The van der Waals surface area contributed by atoms with Crippen LogP contribution in [0.4, 0.5) is 17.6 Å². The van der Waals surface area contributed by atoms with E-state index < -0.39 is 65.7 Å². The molecule has 2 N–H and O–H groups in total. The van der Waals surface area contributed by atoms with Crippen LogP contribution < -0.4 is 5.32 Å². The molecule has 314 valence electrons. The first-order valence-electron chi connectivity index (χ1n) is 19.7. The second-order valence-electron chi connectivity index (χ2n) is 15.2. The molecule has 2 aliphatic heterocycles. The van der Waals surface area contributed by atoms with Crippen LogP contribution in [-0.4, -0.2) is 52.4 Å². The molecule has 0 unspecified atom stereocenters. The third kappa shape index (κ3) is 7.02. The van der Waals surface area contributed by atoms with Gasteiger partial charge in [0.2, 0.25) is 0 Å². The zero-order valence-corrected chi connectivity index (χ0v) is 34.5. The molecule has 10 nitrogen and oxygen atoms in total. The zero-order chi connectivity index (χ0) is 42.6. The third-order valence-corrected chi connectivity index (χ3v) is 11.9. The van der Waals surface area contributed by atoms with E-state index in [0.29, 0.717) is 0 Å². The molecule has 4 heterocycles. The van der Waals surface area contributed by atoms with E-state index >= 15 is 13.2 Å². The minimum absolute atomic E-state index is 0.0279. The monoisotopic (exact) mass is 955 g/mol. The van der Waals surface area contributed by atoms with E-state index in [2.05, 4.69) is 10.3 Å². The summed E-state index contributed by atoms with van der Waals surface area (Å²) >= 11 is 1.76. The normalized spacial score (nSPS) is 20.2. The van der Waals surface area contributed by atoms with Gasteiger partial charge in [-0.1, -0.05) is 91.0 Å². The number of carbonyl (C=O) groups is 2. The molecule has 2 aromatic heterocycles. The van der Waals surface area contributed by atoms with Crippen LogP contribution in [0.25, 0.3) is 43.6 Å². The third-order valence-electron chi connectivity index (χ3n) is 11.5. The Morgan fingerprint density at radius 3 is 1.69 bits per heavy atom. The van der Waals surface area contributed by atoms with Gasteiger partial charge in [0.15, 0.2) is 29.5 Å². The molecule has 5 atom stereocenters. The molecule has 10 rings (SSSR count). The van der Waals surface area contributed by atoms with E-state index in [1.165, 1.54) is 0 Å². The Balaban J connectivity index is 1.26. The largest absolute Gasteiger partial charge is 0.368 e. The molecule has 1 fully saturated rings. The molecule has 0 aliphatic carbocycles. The van der Waals surface area contributed by atoms with Crippen molar-refractivity contribution in [1.29, 1.82) is 0 Å². The lowest BCUT2D eigenvalue weighted by Gasteiger charge is -2.46. The van der Waals surface area contributed by atoms with Crippen LogP contribution in [0.2, 0.25) is 0 Å². The second-order valence-corrected chi connectivity index (χ2v) is 15.8. The number of carbonyl (C=O) groups excluding carboxylic acids is 2. The summed E-state index contributed by atoms with van der Waals surface area (Å²) in [6, 6.07) is 32.2. The Morgan fingerprint density at radius 2 is 1.11 bits per heavy atom.